The van der Waals surface area contributed by atoms with Crippen molar-refractivity contribution in [2.45, 2.75) is 33.2 Å². The monoisotopic (exact) mass is 198 g/mol. The first-order valence-electron chi connectivity index (χ1n) is 5.65. The lowest BCUT2D eigenvalue weighted by Gasteiger charge is -2.38. The number of ketones is 1. The molecule has 0 spiro atoms. The quantitative estimate of drug-likeness (QED) is 0.673. The molecule has 0 amide bonds. The fraction of sp³-hybridized carbons (Fsp3) is 0.909. The molecular weight excluding hydrogens is 176 g/mol. The number of rotatable bonds is 4. The van der Waals surface area contributed by atoms with E-state index in [2.05, 4.69) is 23.6 Å². The smallest absolute Gasteiger partial charge is 0.146 e. The average Bonchev–Trinajstić information content (AvgIpc) is 2.18. The van der Waals surface area contributed by atoms with Crippen molar-refractivity contribution >= 4 is 5.78 Å². The fourth-order valence-electron chi connectivity index (χ4n) is 2.05. The Morgan fingerprint density at radius 1 is 1.36 bits per heavy atom. The van der Waals surface area contributed by atoms with Crippen molar-refractivity contribution in [1.29, 1.82) is 0 Å². The molecule has 1 aliphatic heterocycles. The van der Waals surface area contributed by atoms with Crippen LogP contribution in [0.25, 0.3) is 0 Å². The number of nitrogens with zero attached hydrogens (tertiary/aromatic N) is 2. The fourth-order valence-corrected chi connectivity index (χ4v) is 2.05. The van der Waals surface area contributed by atoms with Gasteiger partial charge < -0.3 is 0 Å². The van der Waals surface area contributed by atoms with Crippen molar-refractivity contribution in [2.24, 2.45) is 0 Å². The molecule has 0 N–H and O–H groups in total. The number of hydrogen-bond acceptors (Lipinski definition) is 3. The minimum atomic E-state index is 0.363. The van der Waals surface area contributed by atoms with E-state index in [0.29, 0.717) is 24.8 Å². The van der Waals surface area contributed by atoms with E-state index < -0.39 is 0 Å². The van der Waals surface area contributed by atoms with Gasteiger partial charge in [0.2, 0.25) is 0 Å². The summed E-state index contributed by atoms with van der Waals surface area (Å²) in [6.45, 7) is 11.3. The first-order chi connectivity index (χ1) is 6.67. The van der Waals surface area contributed by atoms with Crippen LogP contribution in [0.3, 0.4) is 0 Å². The molecule has 1 saturated heterocycles. The molecule has 82 valence electrons. The molecule has 0 aromatic rings. The largest absolute Gasteiger partial charge is 0.298 e. The van der Waals surface area contributed by atoms with E-state index in [1.165, 1.54) is 0 Å². The van der Waals surface area contributed by atoms with E-state index in [4.69, 9.17) is 0 Å². The van der Waals surface area contributed by atoms with Gasteiger partial charge in [-0.2, -0.15) is 0 Å². The Balaban J connectivity index is 2.35. The third-order valence-electron chi connectivity index (χ3n) is 3.05. The van der Waals surface area contributed by atoms with E-state index >= 15 is 0 Å². The molecule has 1 atom stereocenters. The standard InChI is InChI=1S/C11H22N2O/c1-4-11(14)9-12-6-7-13(5-2)10(3)8-12/h10H,4-9H2,1-3H3. The van der Waals surface area contributed by atoms with Gasteiger partial charge in [-0.1, -0.05) is 13.8 Å². The highest BCUT2D eigenvalue weighted by Gasteiger charge is 2.22. The summed E-state index contributed by atoms with van der Waals surface area (Å²) in [7, 11) is 0. The minimum absolute atomic E-state index is 0.363. The SMILES string of the molecule is CCC(=O)CN1CCN(CC)C(C)C1. The van der Waals surface area contributed by atoms with E-state index in [9.17, 15) is 4.79 Å². The summed E-state index contributed by atoms with van der Waals surface area (Å²) in [5.41, 5.74) is 0. The molecule has 1 aliphatic rings. The predicted octanol–water partition coefficient (Wildman–Crippen LogP) is 0.992. The molecule has 0 aromatic heterocycles. The third-order valence-corrected chi connectivity index (χ3v) is 3.05. The summed E-state index contributed by atoms with van der Waals surface area (Å²) in [4.78, 5) is 16.0. The molecule has 1 heterocycles. The van der Waals surface area contributed by atoms with Crippen LogP contribution in [0.15, 0.2) is 0 Å². The zero-order chi connectivity index (χ0) is 10.6. The van der Waals surface area contributed by atoms with E-state index in [1.54, 1.807) is 0 Å². The van der Waals surface area contributed by atoms with Gasteiger partial charge in [0, 0.05) is 32.1 Å². The van der Waals surface area contributed by atoms with Gasteiger partial charge in [-0.25, -0.2) is 0 Å². The van der Waals surface area contributed by atoms with Gasteiger partial charge in [0.25, 0.3) is 0 Å². The number of hydrogen-bond donors (Lipinski definition) is 0. The van der Waals surface area contributed by atoms with Crippen molar-refractivity contribution in [3.8, 4) is 0 Å². The summed E-state index contributed by atoms with van der Waals surface area (Å²) in [6.07, 6.45) is 0.669. The first-order valence-corrected chi connectivity index (χ1v) is 5.65. The van der Waals surface area contributed by atoms with Crippen molar-refractivity contribution < 1.29 is 4.79 Å². The number of likely N-dealkylation sites (N-methyl/N-ethyl adjacent to an activating group) is 1. The van der Waals surface area contributed by atoms with Crippen LogP contribution < -0.4 is 0 Å². The topological polar surface area (TPSA) is 23.6 Å². The van der Waals surface area contributed by atoms with Crippen molar-refractivity contribution in [3.05, 3.63) is 0 Å². The second-order valence-corrected chi connectivity index (χ2v) is 4.10. The van der Waals surface area contributed by atoms with Crippen LogP contribution in [0, 0.1) is 0 Å². The second-order valence-electron chi connectivity index (χ2n) is 4.10. The normalized spacial score (nSPS) is 25.2. The number of piperazine rings is 1. The molecule has 1 unspecified atom stereocenters. The molecule has 3 heteroatoms. The zero-order valence-electron chi connectivity index (χ0n) is 9.62. The Morgan fingerprint density at radius 3 is 2.57 bits per heavy atom. The van der Waals surface area contributed by atoms with Gasteiger partial charge in [-0.05, 0) is 13.5 Å². The van der Waals surface area contributed by atoms with E-state index in [0.717, 1.165) is 26.2 Å². The van der Waals surface area contributed by atoms with Crippen LogP contribution in [0.4, 0.5) is 0 Å². The van der Waals surface area contributed by atoms with Crippen LogP contribution >= 0.6 is 0 Å². The van der Waals surface area contributed by atoms with E-state index in [-0.39, 0.29) is 0 Å². The molecule has 3 nitrogen and oxygen atoms in total. The second kappa shape index (κ2) is 5.47. The predicted molar refractivity (Wildman–Crippen MR) is 58.4 cm³/mol. The van der Waals surface area contributed by atoms with Crippen LogP contribution in [0.2, 0.25) is 0 Å². The summed E-state index contributed by atoms with van der Waals surface area (Å²) >= 11 is 0. The van der Waals surface area contributed by atoms with Crippen LogP contribution in [0.1, 0.15) is 27.2 Å². The highest BCUT2D eigenvalue weighted by atomic mass is 16.1. The van der Waals surface area contributed by atoms with Gasteiger partial charge in [-0.15, -0.1) is 0 Å². The summed E-state index contributed by atoms with van der Waals surface area (Å²) in [6, 6.07) is 0.596. The van der Waals surface area contributed by atoms with Gasteiger partial charge >= 0.3 is 0 Å². The van der Waals surface area contributed by atoms with Crippen LogP contribution in [0.5, 0.6) is 0 Å². The molecule has 14 heavy (non-hydrogen) atoms. The summed E-state index contributed by atoms with van der Waals surface area (Å²) in [5.74, 6) is 0.363. The lowest BCUT2D eigenvalue weighted by atomic mass is 10.1. The maximum atomic E-state index is 11.3. The lowest BCUT2D eigenvalue weighted by Crippen LogP contribution is -2.52. The number of carbonyl (C=O) groups is 1. The maximum absolute atomic E-state index is 11.3. The Kier molecular flexibility index (Phi) is 4.55. The van der Waals surface area contributed by atoms with Crippen molar-refractivity contribution in [1.82, 2.24) is 9.80 Å². The van der Waals surface area contributed by atoms with Crippen molar-refractivity contribution in [2.75, 3.05) is 32.7 Å². The van der Waals surface area contributed by atoms with Crippen LogP contribution in [-0.2, 0) is 4.79 Å². The molecule has 1 rings (SSSR count). The van der Waals surface area contributed by atoms with Gasteiger partial charge in [0.05, 0.1) is 6.54 Å². The molecule has 0 aliphatic carbocycles. The van der Waals surface area contributed by atoms with Gasteiger partial charge in [0.15, 0.2) is 0 Å². The zero-order valence-corrected chi connectivity index (χ0v) is 9.62. The molecule has 0 aromatic carbocycles. The number of Topliss-reactive ketones (excluding diaryl/α,β-unsaturated/α-hetero) is 1. The van der Waals surface area contributed by atoms with Crippen LogP contribution in [-0.4, -0.2) is 54.3 Å². The first kappa shape index (κ1) is 11.7. The minimum Gasteiger partial charge on any atom is -0.298 e. The molecule has 0 radical (unpaired) electrons. The molecular formula is C11H22N2O. The lowest BCUT2D eigenvalue weighted by molar-refractivity contribution is -0.120. The van der Waals surface area contributed by atoms with Gasteiger partial charge in [0.1, 0.15) is 5.78 Å². The average molecular weight is 198 g/mol. The Bertz CT molecular complexity index is 194. The Labute approximate surface area is 87.1 Å². The summed E-state index contributed by atoms with van der Waals surface area (Å²) in [5, 5.41) is 0. The van der Waals surface area contributed by atoms with Crippen molar-refractivity contribution in [3.63, 3.8) is 0 Å². The molecule has 1 fully saturated rings. The molecule has 0 saturated carbocycles. The Hall–Kier alpha value is -0.410. The summed E-state index contributed by atoms with van der Waals surface area (Å²) < 4.78 is 0. The highest BCUT2D eigenvalue weighted by Crippen LogP contribution is 2.08. The third kappa shape index (κ3) is 3.07. The van der Waals surface area contributed by atoms with E-state index in [1.807, 2.05) is 6.92 Å². The van der Waals surface area contributed by atoms with Gasteiger partial charge in [-0.3, -0.25) is 14.6 Å². The maximum Gasteiger partial charge on any atom is 0.146 e. The Morgan fingerprint density at radius 2 is 2.07 bits per heavy atom. The number of carbonyl (C=O) groups excluding carboxylic acids is 1. The molecule has 0 bridgehead atoms. The highest BCUT2D eigenvalue weighted by molar-refractivity contribution is 5.80.